The van der Waals surface area contributed by atoms with Gasteiger partial charge in [0.1, 0.15) is 10.6 Å². The molecule has 0 aliphatic rings. The van der Waals surface area contributed by atoms with Gasteiger partial charge in [-0.15, -0.1) is 11.3 Å². The second-order valence-electron chi connectivity index (χ2n) is 4.23. The van der Waals surface area contributed by atoms with Gasteiger partial charge >= 0.3 is 5.97 Å². The number of carbonyl (C=O) groups excluding carboxylic acids is 1. The fourth-order valence-electron chi connectivity index (χ4n) is 1.96. The summed E-state index contributed by atoms with van der Waals surface area (Å²) < 4.78 is 0. The fourth-order valence-corrected chi connectivity index (χ4v) is 3.20. The van der Waals surface area contributed by atoms with Crippen LogP contribution in [0.1, 0.15) is 22.2 Å². The first-order valence-electron chi connectivity index (χ1n) is 5.80. The predicted molar refractivity (Wildman–Crippen MR) is 80.8 cm³/mol. The molecule has 0 saturated heterocycles. The third-order valence-electron chi connectivity index (χ3n) is 2.72. The van der Waals surface area contributed by atoms with Crippen molar-refractivity contribution in [3.63, 3.8) is 0 Å². The van der Waals surface area contributed by atoms with Crippen molar-refractivity contribution in [2.45, 2.75) is 13.8 Å². The lowest BCUT2D eigenvalue weighted by atomic mass is 10.0. The van der Waals surface area contributed by atoms with Crippen LogP contribution < -0.4 is 5.32 Å². The number of halogens is 1. The highest BCUT2D eigenvalue weighted by atomic mass is 35.5. The molecule has 1 heterocycles. The van der Waals surface area contributed by atoms with E-state index in [2.05, 4.69) is 5.32 Å². The summed E-state index contributed by atoms with van der Waals surface area (Å²) in [6.45, 7) is 3.18. The number of amides is 1. The van der Waals surface area contributed by atoms with Crippen LogP contribution in [0.25, 0.3) is 11.1 Å². The van der Waals surface area contributed by atoms with Gasteiger partial charge in [-0.2, -0.15) is 0 Å². The SMILES string of the molecule is CC(=O)Nc1sc(C)c(-c2ccc(Cl)cc2)c1C(=O)O. The Morgan fingerprint density at radius 2 is 1.85 bits per heavy atom. The van der Waals surface area contributed by atoms with Crippen molar-refractivity contribution in [1.29, 1.82) is 0 Å². The van der Waals surface area contributed by atoms with E-state index in [9.17, 15) is 14.7 Å². The molecule has 0 atom stereocenters. The minimum Gasteiger partial charge on any atom is -0.478 e. The van der Waals surface area contributed by atoms with E-state index in [0.29, 0.717) is 15.6 Å². The third kappa shape index (κ3) is 2.84. The highest BCUT2D eigenvalue weighted by Crippen LogP contribution is 2.40. The van der Waals surface area contributed by atoms with Crippen LogP contribution in [0.3, 0.4) is 0 Å². The number of carboxylic acids is 1. The van der Waals surface area contributed by atoms with Gasteiger partial charge in [0, 0.05) is 22.4 Å². The van der Waals surface area contributed by atoms with Crippen molar-refractivity contribution in [2.75, 3.05) is 5.32 Å². The molecule has 20 heavy (non-hydrogen) atoms. The molecule has 2 N–H and O–H groups in total. The number of hydrogen-bond acceptors (Lipinski definition) is 3. The molecule has 6 heteroatoms. The largest absolute Gasteiger partial charge is 0.478 e. The number of carboxylic acid groups (broad SMARTS) is 1. The summed E-state index contributed by atoms with van der Waals surface area (Å²) in [4.78, 5) is 23.5. The van der Waals surface area contributed by atoms with E-state index >= 15 is 0 Å². The van der Waals surface area contributed by atoms with Crippen LogP contribution in [0.2, 0.25) is 5.02 Å². The highest BCUT2D eigenvalue weighted by Gasteiger charge is 2.23. The molecule has 0 fully saturated rings. The highest BCUT2D eigenvalue weighted by molar-refractivity contribution is 7.17. The van der Waals surface area contributed by atoms with Crippen LogP contribution >= 0.6 is 22.9 Å². The van der Waals surface area contributed by atoms with Crippen LogP contribution in [-0.2, 0) is 4.79 Å². The van der Waals surface area contributed by atoms with Gasteiger partial charge in [0.05, 0.1) is 0 Å². The van der Waals surface area contributed by atoms with Crippen molar-refractivity contribution in [3.05, 3.63) is 39.7 Å². The maximum Gasteiger partial charge on any atom is 0.339 e. The van der Waals surface area contributed by atoms with Gasteiger partial charge in [0.2, 0.25) is 5.91 Å². The number of nitrogens with one attached hydrogen (secondary N) is 1. The summed E-state index contributed by atoms with van der Waals surface area (Å²) in [5.74, 6) is -1.36. The lowest BCUT2D eigenvalue weighted by Crippen LogP contribution is -2.09. The zero-order chi connectivity index (χ0) is 14.9. The Morgan fingerprint density at radius 1 is 1.25 bits per heavy atom. The third-order valence-corrected chi connectivity index (χ3v) is 3.99. The van der Waals surface area contributed by atoms with Crippen molar-refractivity contribution in [3.8, 4) is 11.1 Å². The maximum atomic E-state index is 11.5. The first kappa shape index (κ1) is 14.6. The molecule has 0 saturated carbocycles. The molecule has 0 unspecified atom stereocenters. The standard InChI is InChI=1S/C14H12ClNO3S/c1-7-11(9-3-5-10(15)6-4-9)12(14(18)19)13(20-7)16-8(2)17/h3-6H,1-2H3,(H,16,17)(H,18,19). The fraction of sp³-hybridized carbons (Fsp3) is 0.143. The normalized spacial score (nSPS) is 10.3. The Morgan fingerprint density at radius 3 is 2.35 bits per heavy atom. The van der Waals surface area contributed by atoms with E-state index in [4.69, 9.17) is 11.6 Å². The number of thiophene rings is 1. The molecule has 1 aromatic carbocycles. The molecule has 0 radical (unpaired) electrons. The first-order valence-corrected chi connectivity index (χ1v) is 6.99. The number of aromatic carboxylic acids is 1. The summed E-state index contributed by atoms with van der Waals surface area (Å²) >= 11 is 7.10. The smallest absolute Gasteiger partial charge is 0.339 e. The zero-order valence-electron chi connectivity index (χ0n) is 10.9. The summed E-state index contributed by atoms with van der Waals surface area (Å²) in [6, 6.07) is 6.94. The van der Waals surface area contributed by atoms with Gasteiger partial charge in [-0.05, 0) is 24.6 Å². The van der Waals surface area contributed by atoms with Crippen LogP contribution in [0.4, 0.5) is 5.00 Å². The Balaban J connectivity index is 2.62. The molecular formula is C14H12ClNO3S. The number of rotatable bonds is 3. The van der Waals surface area contributed by atoms with Crippen molar-refractivity contribution in [2.24, 2.45) is 0 Å². The molecule has 104 valence electrons. The maximum absolute atomic E-state index is 11.5. The average Bonchev–Trinajstić information content (AvgIpc) is 2.66. The second kappa shape index (κ2) is 5.64. The Hall–Kier alpha value is -1.85. The topological polar surface area (TPSA) is 66.4 Å². The van der Waals surface area contributed by atoms with Gasteiger partial charge in [0.15, 0.2) is 0 Å². The Bertz CT molecular complexity index is 676. The van der Waals surface area contributed by atoms with Crippen molar-refractivity contribution in [1.82, 2.24) is 0 Å². The second-order valence-corrected chi connectivity index (χ2v) is 5.89. The van der Waals surface area contributed by atoms with E-state index in [0.717, 1.165) is 10.4 Å². The predicted octanol–water partition coefficient (Wildman–Crippen LogP) is 4.03. The van der Waals surface area contributed by atoms with Crippen molar-refractivity contribution >= 4 is 39.8 Å². The molecular weight excluding hydrogens is 298 g/mol. The summed E-state index contributed by atoms with van der Waals surface area (Å²) in [5.41, 5.74) is 1.49. The quantitative estimate of drug-likeness (QED) is 0.899. The summed E-state index contributed by atoms with van der Waals surface area (Å²) in [5, 5.41) is 12.9. The molecule has 4 nitrogen and oxygen atoms in total. The monoisotopic (exact) mass is 309 g/mol. The molecule has 2 rings (SSSR count). The van der Waals surface area contributed by atoms with Gasteiger partial charge in [0.25, 0.3) is 0 Å². The average molecular weight is 310 g/mol. The molecule has 1 aromatic heterocycles. The van der Waals surface area contributed by atoms with Gasteiger partial charge < -0.3 is 10.4 Å². The molecule has 0 aliphatic heterocycles. The number of hydrogen-bond donors (Lipinski definition) is 2. The van der Waals surface area contributed by atoms with E-state index in [1.165, 1.54) is 18.3 Å². The van der Waals surface area contributed by atoms with Crippen LogP contribution in [0.15, 0.2) is 24.3 Å². The van der Waals surface area contributed by atoms with Crippen molar-refractivity contribution < 1.29 is 14.7 Å². The molecule has 2 aromatic rings. The lowest BCUT2D eigenvalue weighted by molar-refractivity contribution is -0.114. The summed E-state index contributed by atoms with van der Waals surface area (Å²) in [6.07, 6.45) is 0. The Labute approximate surface area is 125 Å². The van der Waals surface area contributed by atoms with E-state index < -0.39 is 5.97 Å². The zero-order valence-corrected chi connectivity index (χ0v) is 12.4. The number of carbonyl (C=O) groups is 2. The molecule has 0 bridgehead atoms. The lowest BCUT2D eigenvalue weighted by Gasteiger charge is -2.05. The van der Waals surface area contributed by atoms with Gasteiger partial charge in [-0.3, -0.25) is 4.79 Å². The minimum absolute atomic E-state index is 0.116. The Kier molecular flexibility index (Phi) is 4.11. The van der Waals surface area contributed by atoms with Crippen LogP contribution in [0, 0.1) is 6.92 Å². The van der Waals surface area contributed by atoms with Gasteiger partial charge in [-0.25, -0.2) is 4.79 Å². The number of benzene rings is 1. The van der Waals surface area contributed by atoms with Crippen LogP contribution in [0.5, 0.6) is 0 Å². The van der Waals surface area contributed by atoms with E-state index in [1.54, 1.807) is 24.3 Å². The number of anilines is 1. The first-order chi connectivity index (χ1) is 9.40. The minimum atomic E-state index is -1.07. The number of aryl methyl sites for hydroxylation is 1. The van der Waals surface area contributed by atoms with E-state index in [1.807, 2.05) is 6.92 Å². The van der Waals surface area contributed by atoms with E-state index in [-0.39, 0.29) is 11.5 Å². The van der Waals surface area contributed by atoms with Crippen LogP contribution in [-0.4, -0.2) is 17.0 Å². The summed E-state index contributed by atoms with van der Waals surface area (Å²) in [7, 11) is 0. The molecule has 1 amide bonds. The molecule has 0 spiro atoms. The van der Waals surface area contributed by atoms with Gasteiger partial charge in [-0.1, -0.05) is 23.7 Å². The molecule has 0 aliphatic carbocycles.